The molecule has 116 valence electrons. The number of carbonyl (C=O) groups is 1. The van der Waals surface area contributed by atoms with Gasteiger partial charge in [-0.15, -0.1) is 0 Å². The number of ether oxygens (including phenoxy) is 1. The molecule has 2 rings (SSSR count). The maximum atomic E-state index is 12.1. The summed E-state index contributed by atoms with van der Waals surface area (Å²) in [6.45, 7) is 0. The van der Waals surface area contributed by atoms with Crippen molar-refractivity contribution < 1.29 is 17.9 Å². The van der Waals surface area contributed by atoms with Crippen LogP contribution in [0.2, 0.25) is 5.02 Å². The molecule has 2 N–H and O–H groups in total. The van der Waals surface area contributed by atoms with Gasteiger partial charge in [-0.2, -0.15) is 0 Å². The van der Waals surface area contributed by atoms with Crippen LogP contribution in [0, 0.1) is 0 Å². The third-order valence-electron chi connectivity index (χ3n) is 3.36. The zero-order valence-corrected chi connectivity index (χ0v) is 14.3. The second-order valence-electron chi connectivity index (χ2n) is 4.98. The molecule has 0 spiro atoms. The third-order valence-corrected chi connectivity index (χ3v) is 5.94. The highest BCUT2D eigenvalue weighted by atomic mass is 79.9. The lowest BCUT2D eigenvalue weighted by Crippen LogP contribution is -2.21. The molecular formula is C13H15BrClNO4S. The first-order valence-corrected chi connectivity index (χ1v) is 9.23. The fraction of sp³-hybridized carbons (Fsp3) is 0.462. The fourth-order valence-corrected chi connectivity index (χ4v) is 4.12. The van der Waals surface area contributed by atoms with Gasteiger partial charge in [0.25, 0.3) is 0 Å². The Balaban J connectivity index is 2.27. The lowest BCUT2D eigenvalue weighted by atomic mass is 9.98. The molecule has 0 heterocycles. The number of hydrogen-bond acceptors (Lipinski definition) is 4. The van der Waals surface area contributed by atoms with E-state index in [1.54, 1.807) is 0 Å². The second-order valence-corrected chi connectivity index (χ2v) is 7.71. The molecular weight excluding hydrogens is 382 g/mol. The van der Waals surface area contributed by atoms with Crippen molar-refractivity contribution in [1.82, 2.24) is 0 Å². The van der Waals surface area contributed by atoms with Crippen LogP contribution in [0.15, 0.2) is 21.5 Å². The Kier molecular flexibility index (Phi) is 5.29. The van der Waals surface area contributed by atoms with Gasteiger partial charge in [-0.3, -0.25) is 0 Å². The van der Waals surface area contributed by atoms with Crippen LogP contribution in [-0.2, 0) is 14.8 Å². The average Bonchev–Trinajstić information content (AvgIpc) is 2.41. The molecule has 21 heavy (non-hydrogen) atoms. The van der Waals surface area contributed by atoms with Crippen LogP contribution in [-0.4, -0.2) is 20.5 Å². The Morgan fingerprint density at radius 3 is 2.48 bits per heavy atom. The predicted octanol–water partition coefficient (Wildman–Crippen LogP) is 3.24. The molecule has 0 radical (unpaired) electrons. The summed E-state index contributed by atoms with van der Waals surface area (Å²) in [6, 6.07) is 2.54. The Hall–Kier alpha value is -0.630. The van der Waals surface area contributed by atoms with E-state index < -0.39 is 16.0 Å². The first kappa shape index (κ1) is 16.7. The number of primary sulfonamides is 1. The normalized spacial score (nSPS) is 16.7. The van der Waals surface area contributed by atoms with Crippen molar-refractivity contribution in [3.63, 3.8) is 0 Å². The average molecular weight is 397 g/mol. The molecule has 0 amide bonds. The summed E-state index contributed by atoms with van der Waals surface area (Å²) in [5, 5.41) is 5.21. The molecule has 1 fully saturated rings. The highest BCUT2D eigenvalue weighted by Gasteiger charge is 2.23. The van der Waals surface area contributed by atoms with Gasteiger partial charge in [0, 0.05) is 0 Å². The molecule has 0 atom stereocenters. The fourth-order valence-electron chi connectivity index (χ4n) is 2.29. The van der Waals surface area contributed by atoms with Crippen LogP contribution >= 0.6 is 27.5 Å². The zero-order chi connectivity index (χ0) is 15.6. The zero-order valence-electron chi connectivity index (χ0n) is 11.1. The van der Waals surface area contributed by atoms with Crippen molar-refractivity contribution in [2.24, 2.45) is 5.14 Å². The molecule has 1 aliphatic carbocycles. The van der Waals surface area contributed by atoms with Crippen LogP contribution < -0.4 is 5.14 Å². The lowest BCUT2D eigenvalue weighted by Gasteiger charge is -2.22. The lowest BCUT2D eigenvalue weighted by molar-refractivity contribution is 0.0211. The van der Waals surface area contributed by atoms with E-state index in [1.807, 2.05) is 0 Å². The Labute approximate surface area is 137 Å². The molecule has 0 saturated heterocycles. The maximum Gasteiger partial charge on any atom is 0.338 e. The van der Waals surface area contributed by atoms with Crippen molar-refractivity contribution in [3.8, 4) is 0 Å². The van der Waals surface area contributed by atoms with Crippen molar-refractivity contribution >= 4 is 43.5 Å². The van der Waals surface area contributed by atoms with Crippen molar-refractivity contribution in [3.05, 3.63) is 27.2 Å². The summed E-state index contributed by atoms with van der Waals surface area (Å²) in [5.74, 6) is -0.582. The number of carbonyl (C=O) groups excluding carboxylic acids is 1. The van der Waals surface area contributed by atoms with Gasteiger partial charge in [0.15, 0.2) is 0 Å². The van der Waals surface area contributed by atoms with Gasteiger partial charge < -0.3 is 4.74 Å². The van der Waals surface area contributed by atoms with E-state index in [2.05, 4.69) is 15.9 Å². The number of halogens is 2. The summed E-state index contributed by atoms with van der Waals surface area (Å²) < 4.78 is 28.5. The van der Waals surface area contributed by atoms with E-state index in [0.717, 1.165) is 32.1 Å². The van der Waals surface area contributed by atoms with Crippen molar-refractivity contribution in [1.29, 1.82) is 0 Å². The van der Waals surface area contributed by atoms with E-state index in [0.29, 0.717) is 0 Å². The van der Waals surface area contributed by atoms with Gasteiger partial charge in [0.05, 0.1) is 20.0 Å². The number of esters is 1. The van der Waals surface area contributed by atoms with Gasteiger partial charge >= 0.3 is 5.97 Å². The highest BCUT2D eigenvalue weighted by Crippen LogP contribution is 2.31. The maximum absolute atomic E-state index is 12.1. The highest BCUT2D eigenvalue weighted by molar-refractivity contribution is 9.10. The summed E-state index contributed by atoms with van der Waals surface area (Å²) in [7, 11) is -3.98. The van der Waals surface area contributed by atoms with Gasteiger partial charge in [-0.25, -0.2) is 18.4 Å². The van der Waals surface area contributed by atoms with E-state index in [4.69, 9.17) is 21.5 Å². The quantitative estimate of drug-likeness (QED) is 0.795. The summed E-state index contributed by atoms with van der Waals surface area (Å²) in [4.78, 5) is 11.9. The number of sulfonamides is 1. The third kappa shape index (κ3) is 4.18. The van der Waals surface area contributed by atoms with Crippen molar-refractivity contribution in [2.45, 2.75) is 43.1 Å². The van der Waals surface area contributed by atoms with Crippen LogP contribution in [0.25, 0.3) is 0 Å². The number of hydrogen-bond donors (Lipinski definition) is 1. The van der Waals surface area contributed by atoms with Crippen LogP contribution in [0.3, 0.4) is 0 Å². The van der Waals surface area contributed by atoms with Gasteiger partial charge in [-0.05, 0) is 53.7 Å². The smallest absolute Gasteiger partial charge is 0.338 e. The Morgan fingerprint density at radius 2 is 1.90 bits per heavy atom. The molecule has 1 aliphatic rings. The molecule has 8 heteroatoms. The van der Waals surface area contributed by atoms with Gasteiger partial charge in [0.1, 0.15) is 6.10 Å². The molecule has 0 bridgehead atoms. The van der Waals surface area contributed by atoms with E-state index in [1.165, 1.54) is 12.1 Å². The Bertz CT molecular complexity index is 656. The number of nitrogens with two attached hydrogens (primary N) is 1. The van der Waals surface area contributed by atoms with Crippen LogP contribution in [0.1, 0.15) is 42.5 Å². The largest absolute Gasteiger partial charge is 0.459 e. The first-order valence-electron chi connectivity index (χ1n) is 6.52. The standard InChI is InChI=1S/C13H15BrClNO4S/c14-12-10(15)6-8(7-11(12)21(16,18)19)13(17)20-9-4-2-1-3-5-9/h6-7,9H,1-5H2,(H2,16,18,19). The minimum absolute atomic E-state index is 0.0813. The molecule has 1 saturated carbocycles. The summed E-state index contributed by atoms with van der Waals surface area (Å²) >= 11 is 8.99. The molecule has 0 aromatic heterocycles. The van der Waals surface area contributed by atoms with E-state index in [9.17, 15) is 13.2 Å². The molecule has 5 nitrogen and oxygen atoms in total. The molecule has 0 unspecified atom stereocenters. The minimum Gasteiger partial charge on any atom is -0.459 e. The van der Waals surface area contributed by atoms with Crippen molar-refractivity contribution in [2.75, 3.05) is 0 Å². The van der Waals surface area contributed by atoms with Gasteiger partial charge in [-0.1, -0.05) is 18.0 Å². The van der Waals surface area contributed by atoms with Gasteiger partial charge in [0.2, 0.25) is 10.0 Å². The molecule has 0 aliphatic heterocycles. The van der Waals surface area contributed by atoms with Crippen LogP contribution in [0.5, 0.6) is 0 Å². The number of benzene rings is 1. The monoisotopic (exact) mass is 395 g/mol. The van der Waals surface area contributed by atoms with Crippen LogP contribution in [0.4, 0.5) is 0 Å². The summed E-state index contributed by atoms with van der Waals surface area (Å²) in [5.41, 5.74) is 0.0813. The second kappa shape index (κ2) is 6.64. The Morgan fingerprint density at radius 1 is 1.29 bits per heavy atom. The van der Waals surface area contributed by atoms with E-state index in [-0.39, 0.29) is 26.1 Å². The number of rotatable bonds is 3. The minimum atomic E-state index is -3.98. The topological polar surface area (TPSA) is 86.5 Å². The molecule has 1 aromatic carbocycles. The predicted molar refractivity (Wildman–Crippen MR) is 82.8 cm³/mol. The molecule has 1 aromatic rings. The van der Waals surface area contributed by atoms with E-state index >= 15 is 0 Å². The first-order chi connectivity index (χ1) is 9.79. The summed E-state index contributed by atoms with van der Waals surface area (Å²) in [6.07, 6.45) is 4.75. The SMILES string of the molecule is NS(=O)(=O)c1cc(C(=O)OC2CCCCC2)cc(Cl)c1Br.